The number of hydrogen-bond acceptors (Lipinski definition) is 3. The van der Waals surface area contributed by atoms with Crippen LogP contribution in [0.4, 0.5) is 0 Å². The molecule has 0 spiro atoms. The Bertz CT molecular complexity index is 653. The molecule has 2 aromatic carbocycles. The minimum absolute atomic E-state index is 0.669. The number of aliphatic hydroxyl groups is 1. The van der Waals surface area contributed by atoms with Crippen LogP contribution in [0.25, 0.3) is 0 Å². The maximum absolute atomic E-state index is 10.7. The van der Waals surface area contributed by atoms with Crippen molar-refractivity contribution in [1.82, 2.24) is 0 Å². The summed E-state index contributed by atoms with van der Waals surface area (Å²) in [6, 6.07) is 9.50. The van der Waals surface area contributed by atoms with Crippen LogP contribution in [0.2, 0.25) is 0 Å². The Morgan fingerprint density at radius 1 is 0.952 bits per heavy atom. The lowest BCUT2D eigenvalue weighted by Crippen LogP contribution is -2.04. The van der Waals surface area contributed by atoms with Gasteiger partial charge in [0.2, 0.25) is 0 Å². The molecule has 2 aromatic rings. The number of aryl methyl sites for hydroxylation is 2. The highest BCUT2D eigenvalue weighted by molar-refractivity contribution is 9.10. The molecule has 0 amide bonds. The van der Waals surface area contributed by atoms with Crippen LogP contribution < -0.4 is 9.47 Å². The summed E-state index contributed by atoms with van der Waals surface area (Å²) in [5.41, 5.74) is 3.59. The van der Waals surface area contributed by atoms with E-state index in [1.54, 1.807) is 14.2 Å². The number of rotatable bonds is 4. The SMILES string of the molecule is COc1cc(C(O)c2cc(Br)c(C)cc2OC)ccc1C. The van der Waals surface area contributed by atoms with E-state index in [-0.39, 0.29) is 0 Å². The number of hydrogen-bond donors (Lipinski definition) is 1. The minimum Gasteiger partial charge on any atom is -0.496 e. The standard InChI is InChI=1S/C17H19BrO3/c1-10-5-6-12(8-15(10)20-3)17(19)13-9-14(18)11(2)7-16(13)21-4/h5-9,17,19H,1-4H3. The van der Waals surface area contributed by atoms with Crippen molar-refractivity contribution in [3.8, 4) is 11.5 Å². The van der Waals surface area contributed by atoms with Gasteiger partial charge in [0.15, 0.2) is 0 Å². The zero-order valence-electron chi connectivity index (χ0n) is 12.6. The molecule has 1 N–H and O–H groups in total. The topological polar surface area (TPSA) is 38.7 Å². The Balaban J connectivity index is 2.49. The van der Waals surface area contributed by atoms with Gasteiger partial charge in [0, 0.05) is 10.0 Å². The van der Waals surface area contributed by atoms with Crippen molar-refractivity contribution >= 4 is 15.9 Å². The van der Waals surface area contributed by atoms with E-state index in [1.807, 2.05) is 44.2 Å². The van der Waals surface area contributed by atoms with Crippen molar-refractivity contribution in [2.45, 2.75) is 20.0 Å². The number of methoxy groups -OCH3 is 2. The van der Waals surface area contributed by atoms with Gasteiger partial charge in [-0.05, 0) is 48.7 Å². The van der Waals surface area contributed by atoms with Crippen LogP contribution in [-0.4, -0.2) is 19.3 Å². The second kappa shape index (κ2) is 6.50. The van der Waals surface area contributed by atoms with E-state index in [0.717, 1.165) is 32.5 Å². The lowest BCUT2D eigenvalue weighted by atomic mass is 9.98. The summed E-state index contributed by atoms with van der Waals surface area (Å²) in [6.07, 6.45) is -0.772. The molecule has 0 radical (unpaired) electrons. The van der Waals surface area contributed by atoms with Gasteiger partial charge in [0.25, 0.3) is 0 Å². The summed E-state index contributed by atoms with van der Waals surface area (Å²) < 4.78 is 11.7. The molecule has 0 aliphatic carbocycles. The maximum atomic E-state index is 10.7. The fraction of sp³-hybridized carbons (Fsp3) is 0.294. The molecule has 0 bridgehead atoms. The molecule has 1 atom stereocenters. The van der Waals surface area contributed by atoms with E-state index in [4.69, 9.17) is 9.47 Å². The zero-order valence-corrected chi connectivity index (χ0v) is 14.2. The van der Waals surface area contributed by atoms with Crippen molar-refractivity contribution in [2.75, 3.05) is 14.2 Å². The molecule has 112 valence electrons. The smallest absolute Gasteiger partial charge is 0.125 e. The third kappa shape index (κ3) is 3.22. The largest absolute Gasteiger partial charge is 0.496 e. The molecule has 3 nitrogen and oxygen atoms in total. The average Bonchev–Trinajstić information content (AvgIpc) is 2.49. The first kappa shape index (κ1) is 15.9. The zero-order chi connectivity index (χ0) is 15.6. The molecular formula is C17H19BrO3. The predicted molar refractivity (Wildman–Crippen MR) is 87.2 cm³/mol. The van der Waals surface area contributed by atoms with Crippen LogP contribution in [0.5, 0.6) is 11.5 Å². The number of benzene rings is 2. The molecule has 0 aliphatic heterocycles. The van der Waals surface area contributed by atoms with E-state index in [0.29, 0.717) is 5.75 Å². The van der Waals surface area contributed by atoms with Gasteiger partial charge in [-0.2, -0.15) is 0 Å². The molecule has 0 saturated carbocycles. The predicted octanol–water partition coefficient (Wildman–Crippen LogP) is 4.16. The summed E-state index contributed by atoms with van der Waals surface area (Å²) >= 11 is 3.50. The van der Waals surface area contributed by atoms with Gasteiger partial charge in [0.1, 0.15) is 17.6 Å². The van der Waals surface area contributed by atoms with E-state index in [9.17, 15) is 5.11 Å². The van der Waals surface area contributed by atoms with Gasteiger partial charge >= 0.3 is 0 Å². The van der Waals surface area contributed by atoms with E-state index in [2.05, 4.69) is 15.9 Å². The second-order valence-electron chi connectivity index (χ2n) is 4.97. The lowest BCUT2D eigenvalue weighted by molar-refractivity contribution is 0.214. The first-order valence-corrected chi connectivity index (χ1v) is 7.44. The number of halogens is 1. The molecule has 1 unspecified atom stereocenters. The van der Waals surface area contributed by atoms with Gasteiger partial charge in [-0.15, -0.1) is 0 Å². The molecule has 0 aromatic heterocycles. The highest BCUT2D eigenvalue weighted by Gasteiger charge is 2.18. The fourth-order valence-corrected chi connectivity index (χ4v) is 2.61. The third-order valence-corrected chi connectivity index (χ3v) is 4.41. The molecular weight excluding hydrogens is 332 g/mol. The highest BCUT2D eigenvalue weighted by atomic mass is 79.9. The van der Waals surface area contributed by atoms with Gasteiger partial charge < -0.3 is 14.6 Å². The van der Waals surface area contributed by atoms with Crippen molar-refractivity contribution in [3.63, 3.8) is 0 Å². The minimum atomic E-state index is -0.772. The summed E-state index contributed by atoms with van der Waals surface area (Å²) in [7, 11) is 3.23. The van der Waals surface area contributed by atoms with Crippen LogP contribution in [0, 0.1) is 13.8 Å². The summed E-state index contributed by atoms with van der Waals surface area (Å²) in [5, 5.41) is 10.7. The van der Waals surface area contributed by atoms with Crippen LogP contribution in [0.1, 0.15) is 28.4 Å². The number of aliphatic hydroxyl groups excluding tert-OH is 1. The lowest BCUT2D eigenvalue weighted by Gasteiger charge is -2.18. The molecule has 4 heteroatoms. The number of ether oxygens (including phenoxy) is 2. The molecule has 0 saturated heterocycles. The Hall–Kier alpha value is -1.52. The van der Waals surface area contributed by atoms with Crippen LogP contribution >= 0.6 is 15.9 Å². The Kier molecular flexibility index (Phi) is 4.91. The third-order valence-electron chi connectivity index (χ3n) is 3.55. The van der Waals surface area contributed by atoms with Crippen molar-refractivity contribution in [1.29, 1.82) is 0 Å². The van der Waals surface area contributed by atoms with Crippen LogP contribution in [-0.2, 0) is 0 Å². The van der Waals surface area contributed by atoms with Crippen LogP contribution in [0.3, 0.4) is 0 Å². The van der Waals surface area contributed by atoms with Crippen LogP contribution in [0.15, 0.2) is 34.8 Å². The van der Waals surface area contributed by atoms with E-state index < -0.39 is 6.10 Å². The maximum Gasteiger partial charge on any atom is 0.125 e. The normalized spacial score (nSPS) is 12.1. The van der Waals surface area contributed by atoms with Gasteiger partial charge in [0.05, 0.1) is 14.2 Å². The summed E-state index contributed by atoms with van der Waals surface area (Å²) in [4.78, 5) is 0. The van der Waals surface area contributed by atoms with Gasteiger partial charge in [-0.3, -0.25) is 0 Å². The first-order valence-electron chi connectivity index (χ1n) is 6.64. The average molecular weight is 351 g/mol. The van der Waals surface area contributed by atoms with Gasteiger partial charge in [-0.25, -0.2) is 0 Å². The summed E-state index contributed by atoms with van der Waals surface area (Å²) in [6.45, 7) is 3.95. The fourth-order valence-electron chi connectivity index (χ4n) is 2.25. The summed E-state index contributed by atoms with van der Waals surface area (Å²) in [5.74, 6) is 1.43. The first-order chi connectivity index (χ1) is 9.97. The Labute approximate surface area is 133 Å². The Morgan fingerprint density at radius 3 is 2.24 bits per heavy atom. The second-order valence-corrected chi connectivity index (χ2v) is 5.83. The van der Waals surface area contributed by atoms with Crippen molar-refractivity contribution in [2.24, 2.45) is 0 Å². The molecule has 0 fully saturated rings. The quantitative estimate of drug-likeness (QED) is 0.899. The van der Waals surface area contributed by atoms with E-state index in [1.165, 1.54) is 0 Å². The molecule has 0 aliphatic rings. The highest BCUT2D eigenvalue weighted by Crippen LogP contribution is 2.35. The monoisotopic (exact) mass is 350 g/mol. The van der Waals surface area contributed by atoms with Gasteiger partial charge in [-0.1, -0.05) is 28.1 Å². The molecule has 0 heterocycles. The van der Waals surface area contributed by atoms with Crippen molar-refractivity contribution < 1.29 is 14.6 Å². The molecule has 2 rings (SSSR count). The van der Waals surface area contributed by atoms with E-state index >= 15 is 0 Å². The molecule has 21 heavy (non-hydrogen) atoms. The Morgan fingerprint density at radius 2 is 1.62 bits per heavy atom. The van der Waals surface area contributed by atoms with Crippen molar-refractivity contribution in [3.05, 3.63) is 57.1 Å².